The predicted octanol–water partition coefficient (Wildman–Crippen LogP) is 5.32. The average molecular weight is 431 g/mol. The lowest BCUT2D eigenvalue weighted by molar-refractivity contribution is 0.888. The Hall–Kier alpha value is -1.73. The standard InChI is InChI=1S/C18H14IN3S/c1-2-14-11-23-18(20-14)22-16-10-13(19)8-9-15(16)17(21-22)12-6-4-3-5-7-12/h3-11H,2H2,1H3. The van der Waals surface area contributed by atoms with E-state index in [0.29, 0.717) is 0 Å². The van der Waals surface area contributed by atoms with Crippen LogP contribution in [0.3, 0.4) is 0 Å². The van der Waals surface area contributed by atoms with Crippen molar-refractivity contribution in [3.8, 4) is 16.4 Å². The summed E-state index contributed by atoms with van der Waals surface area (Å²) in [4.78, 5) is 4.70. The lowest BCUT2D eigenvalue weighted by atomic mass is 10.1. The number of benzene rings is 2. The van der Waals surface area contributed by atoms with E-state index in [-0.39, 0.29) is 0 Å². The number of thiazole rings is 1. The van der Waals surface area contributed by atoms with Crippen LogP contribution in [0.5, 0.6) is 0 Å². The van der Waals surface area contributed by atoms with Crippen molar-refractivity contribution in [2.45, 2.75) is 13.3 Å². The molecule has 5 heteroatoms. The molecule has 0 aliphatic carbocycles. The van der Waals surface area contributed by atoms with Crippen LogP contribution in [0.4, 0.5) is 0 Å². The van der Waals surface area contributed by atoms with Crippen LogP contribution in [0.15, 0.2) is 53.9 Å². The Morgan fingerprint density at radius 2 is 1.96 bits per heavy atom. The third-order valence-corrected chi connectivity index (χ3v) is 5.31. The van der Waals surface area contributed by atoms with Crippen LogP contribution in [0, 0.1) is 3.57 Å². The Bertz CT molecular complexity index is 973. The number of aromatic nitrogens is 3. The van der Waals surface area contributed by atoms with Crippen LogP contribution in [-0.2, 0) is 6.42 Å². The molecule has 0 saturated carbocycles. The van der Waals surface area contributed by atoms with E-state index in [1.165, 1.54) is 3.57 Å². The van der Waals surface area contributed by atoms with Gasteiger partial charge in [0.2, 0.25) is 5.13 Å². The molecule has 2 aromatic heterocycles. The SMILES string of the molecule is CCc1csc(-n2nc(-c3ccccc3)c3ccc(I)cc32)n1. The smallest absolute Gasteiger partial charge is 0.211 e. The first kappa shape index (κ1) is 14.8. The largest absolute Gasteiger partial charge is 0.223 e. The van der Waals surface area contributed by atoms with Crippen LogP contribution in [0.2, 0.25) is 0 Å². The summed E-state index contributed by atoms with van der Waals surface area (Å²) in [7, 11) is 0. The van der Waals surface area contributed by atoms with Gasteiger partial charge in [-0.25, -0.2) is 9.67 Å². The molecule has 0 radical (unpaired) electrons. The van der Waals surface area contributed by atoms with Gasteiger partial charge in [-0.15, -0.1) is 11.3 Å². The van der Waals surface area contributed by atoms with Gasteiger partial charge in [-0.05, 0) is 47.2 Å². The fraction of sp³-hybridized carbons (Fsp3) is 0.111. The summed E-state index contributed by atoms with van der Waals surface area (Å²) in [5, 5.41) is 9.07. The number of aryl methyl sites for hydroxylation is 1. The van der Waals surface area contributed by atoms with E-state index in [4.69, 9.17) is 10.1 Å². The number of nitrogens with zero attached hydrogens (tertiary/aromatic N) is 3. The molecule has 114 valence electrons. The minimum Gasteiger partial charge on any atom is -0.223 e. The van der Waals surface area contributed by atoms with Gasteiger partial charge in [0.1, 0.15) is 5.69 Å². The van der Waals surface area contributed by atoms with E-state index in [9.17, 15) is 0 Å². The maximum Gasteiger partial charge on any atom is 0.211 e. The zero-order valence-corrected chi connectivity index (χ0v) is 15.5. The number of halogens is 1. The first-order chi connectivity index (χ1) is 11.3. The molecule has 23 heavy (non-hydrogen) atoms. The first-order valence-electron chi connectivity index (χ1n) is 7.44. The summed E-state index contributed by atoms with van der Waals surface area (Å²) in [6, 6.07) is 16.8. The number of rotatable bonds is 3. The summed E-state index contributed by atoms with van der Waals surface area (Å²) in [5.41, 5.74) is 4.35. The second kappa shape index (κ2) is 6.05. The molecule has 0 amide bonds. The topological polar surface area (TPSA) is 30.7 Å². The lowest BCUT2D eigenvalue weighted by Gasteiger charge is -1.98. The van der Waals surface area contributed by atoms with Crippen LogP contribution in [0.1, 0.15) is 12.6 Å². The highest BCUT2D eigenvalue weighted by Gasteiger charge is 2.15. The molecule has 2 aromatic carbocycles. The fourth-order valence-corrected chi connectivity index (χ4v) is 3.94. The fourth-order valence-electron chi connectivity index (χ4n) is 2.60. The molecular formula is C18H14IN3S. The van der Waals surface area contributed by atoms with Crippen molar-refractivity contribution in [3.63, 3.8) is 0 Å². The molecule has 4 aromatic rings. The van der Waals surface area contributed by atoms with Gasteiger partial charge in [0.25, 0.3) is 0 Å². The minimum atomic E-state index is 0.927. The normalized spacial score (nSPS) is 11.2. The molecular weight excluding hydrogens is 417 g/mol. The predicted molar refractivity (Wildman–Crippen MR) is 104 cm³/mol. The third kappa shape index (κ3) is 2.68. The molecule has 0 aliphatic rings. The lowest BCUT2D eigenvalue weighted by Crippen LogP contribution is -1.96. The molecule has 0 fully saturated rings. The average Bonchev–Trinajstić information content (AvgIpc) is 3.19. The van der Waals surface area contributed by atoms with Gasteiger partial charge in [0.15, 0.2) is 0 Å². The van der Waals surface area contributed by atoms with Gasteiger partial charge in [0, 0.05) is 19.9 Å². The van der Waals surface area contributed by atoms with E-state index in [2.05, 4.69) is 65.2 Å². The Kier molecular flexibility index (Phi) is 3.90. The van der Waals surface area contributed by atoms with Gasteiger partial charge >= 0.3 is 0 Å². The second-order valence-electron chi connectivity index (χ2n) is 5.26. The van der Waals surface area contributed by atoms with Crippen molar-refractivity contribution < 1.29 is 0 Å². The summed E-state index contributed by atoms with van der Waals surface area (Å²) >= 11 is 3.99. The van der Waals surface area contributed by atoms with Gasteiger partial charge in [-0.3, -0.25) is 0 Å². The van der Waals surface area contributed by atoms with Crippen molar-refractivity contribution in [2.75, 3.05) is 0 Å². The number of hydrogen-bond donors (Lipinski definition) is 0. The summed E-state index contributed by atoms with van der Waals surface area (Å²) < 4.78 is 3.17. The summed E-state index contributed by atoms with van der Waals surface area (Å²) in [6.45, 7) is 2.12. The molecule has 0 N–H and O–H groups in total. The first-order valence-corrected chi connectivity index (χ1v) is 9.40. The van der Waals surface area contributed by atoms with Gasteiger partial charge in [0.05, 0.1) is 11.2 Å². The molecule has 3 nitrogen and oxygen atoms in total. The van der Waals surface area contributed by atoms with Crippen molar-refractivity contribution in [3.05, 3.63) is 63.2 Å². The van der Waals surface area contributed by atoms with Crippen LogP contribution >= 0.6 is 33.9 Å². The quantitative estimate of drug-likeness (QED) is 0.412. The van der Waals surface area contributed by atoms with E-state index in [0.717, 1.165) is 39.4 Å². The van der Waals surface area contributed by atoms with Crippen LogP contribution < -0.4 is 0 Å². The van der Waals surface area contributed by atoms with Crippen molar-refractivity contribution in [1.29, 1.82) is 0 Å². The van der Waals surface area contributed by atoms with Gasteiger partial charge < -0.3 is 0 Å². The molecule has 0 bridgehead atoms. The van der Waals surface area contributed by atoms with Crippen molar-refractivity contribution in [2.24, 2.45) is 0 Å². The minimum absolute atomic E-state index is 0.927. The monoisotopic (exact) mass is 431 g/mol. The Morgan fingerprint density at radius 3 is 2.70 bits per heavy atom. The molecule has 2 heterocycles. The van der Waals surface area contributed by atoms with Crippen LogP contribution in [-0.4, -0.2) is 14.8 Å². The molecule has 0 atom stereocenters. The molecule has 0 saturated heterocycles. The number of hydrogen-bond acceptors (Lipinski definition) is 3. The van der Waals surface area contributed by atoms with E-state index in [1.807, 2.05) is 22.9 Å². The number of fused-ring (bicyclic) bond motifs is 1. The Morgan fingerprint density at radius 1 is 1.13 bits per heavy atom. The Balaban J connectivity index is 1.99. The summed E-state index contributed by atoms with van der Waals surface area (Å²) in [6.07, 6.45) is 0.943. The summed E-state index contributed by atoms with van der Waals surface area (Å²) in [5.74, 6) is 0. The molecule has 0 aliphatic heterocycles. The van der Waals surface area contributed by atoms with Crippen LogP contribution in [0.25, 0.3) is 27.3 Å². The highest BCUT2D eigenvalue weighted by atomic mass is 127. The highest BCUT2D eigenvalue weighted by molar-refractivity contribution is 14.1. The third-order valence-electron chi connectivity index (χ3n) is 3.77. The van der Waals surface area contributed by atoms with Crippen molar-refractivity contribution in [1.82, 2.24) is 14.8 Å². The second-order valence-corrected chi connectivity index (χ2v) is 7.35. The van der Waals surface area contributed by atoms with Crippen molar-refractivity contribution >= 4 is 44.8 Å². The zero-order valence-electron chi connectivity index (χ0n) is 12.5. The van der Waals surface area contributed by atoms with E-state index >= 15 is 0 Å². The maximum absolute atomic E-state index is 4.88. The highest BCUT2D eigenvalue weighted by Crippen LogP contribution is 2.31. The van der Waals surface area contributed by atoms with E-state index in [1.54, 1.807) is 11.3 Å². The molecule has 4 rings (SSSR count). The Labute approximate surface area is 152 Å². The van der Waals surface area contributed by atoms with Gasteiger partial charge in [-0.2, -0.15) is 5.10 Å². The zero-order chi connectivity index (χ0) is 15.8. The van der Waals surface area contributed by atoms with E-state index < -0.39 is 0 Å². The molecule has 0 spiro atoms. The van der Waals surface area contributed by atoms with Gasteiger partial charge in [-0.1, -0.05) is 37.3 Å². The maximum atomic E-state index is 4.88. The molecule has 0 unspecified atom stereocenters.